The molecule has 0 aliphatic heterocycles. The summed E-state index contributed by atoms with van der Waals surface area (Å²) in [7, 11) is 3.08. The van der Waals surface area contributed by atoms with Gasteiger partial charge in [-0.05, 0) is 62.5 Å². The fourth-order valence-electron chi connectivity index (χ4n) is 2.07. The van der Waals surface area contributed by atoms with Crippen molar-refractivity contribution in [1.82, 2.24) is 0 Å². The number of nitrogens with one attached hydrogen (secondary N) is 1. The standard InChI is InChI=1S/C17H18Br2N2O4/c1-4-25-14-8-11(15(18)16(19)17(14)24-3)21-20-9-10-5-6-12(22)13(7-10)23-2/h5-9,21-22H,4H2,1-3H3/b20-9+. The van der Waals surface area contributed by atoms with Crippen LogP contribution in [-0.2, 0) is 0 Å². The fraction of sp³-hybridized carbons (Fsp3) is 0.235. The summed E-state index contributed by atoms with van der Waals surface area (Å²) in [6, 6.07) is 6.76. The summed E-state index contributed by atoms with van der Waals surface area (Å²) in [6.45, 7) is 2.42. The topological polar surface area (TPSA) is 72.3 Å². The van der Waals surface area contributed by atoms with Gasteiger partial charge in [0.2, 0.25) is 0 Å². The highest BCUT2D eigenvalue weighted by atomic mass is 79.9. The average molecular weight is 474 g/mol. The summed E-state index contributed by atoms with van der Waals surface area (Å²) in [6.07, 6.45) is 1.62. The zero-order valence-electron chi connectivity index (χ0n) is 14.0. The van der Waals surface area contributed by atoms with Gasteiger partial charge >= 0.3 is 0 Å². The lowest BCUT2D eigenvalue weighted by Crippen LogP contribution is -1.99. The number of phenols is 1. The van der Waals surface area contributed by atoms with E-state index in [1.54, 1.807) is 37.6 Å². The van der Waals surface area contributed by atoms with E-state index in [0.717, 1.165) is 14.5 Å². The summed E-state index contributed by atoms with van der Waals surface area (Å²) in [5, 5.41) is 13.8. The Hall–Kier alpha value is -1.93. The number of benzene rings is 2. The van der Waals surface area contributed by atoms with Gasteiger partial charge in [-0.2, -0.15) is 5.10 Å². The number of hydrogen-bond donors (Lipinski definition) is 2. The molecule has 0 aliphatic carbocycles. The number of hydrazone groups is 1. The number of phenolic OH excluding ortho intramolecular Hbond substituents is 1. The first-order valence-corrected chi connectivity index (χ1v) is 8.95. The van der Waals surface area contributed by atoms with Gasteiger partial charge in [-0.3, -0.25) is 5.43 Å². The van der Waals surface area contributed by atoms with Crippen molar-refractivity contribution in [3.05, 3.63) is 38.8 Å². The van der Waals surface area contributed by atoms with Gasteiger partial charge in [-0.1, -0.05) is 0 Å². The average Bonchev–Trinajstić information content (AvgIpc) is 2.61. The van der Waals surface area contributed by atoms with Crippen LogP contribution in [0, 0.1) is 0 Å². The van der Waals surface area contributed by atoms with Crippen LogP contribution in [0.3, 0.4) is 0 Å². The quantitative estimate of drug-likeness (QED) is 0.447. The molecule has 0 heterocycles. The van der Waals surface area contributed by atoms with Gasteiger partial charge in [-0.25, -0.2) is 0 Å². The third-order valence-electron chi connectivity index (χ3n) is 3.23. The predicted octanol–water partition coefficient (Wildman–Crippen LogP) is 4.78. The van der Waals surface area contributed by atoms with Crippen molar-refractivity contribution in [3.63, 3.8) is 0 Å². The lowest BCUT2D eigenvalue weighted by atomic mass is 10.2. The molecule has 0 saturated heterocycles. The minimum atomic E-state index is 0.0794. The van der Waals surface area contributed by atoms with Gasteiger partial charge in [0.05, 0.1) is 41.7 Å². The van der Waals surface area contributed by atoms with Crippen LogP contribution in [0.15, 0.2) is 38.3 Å². The Kier molecular flexibility index (Phi) is 6.95. The zero-order valence-corrected chi connectivity index (χ0v) is 17.1. The van der Waals surface area contributed by atoms with Crippen molar-refractivity contribution in [1.29, 1.82) is 0 Å². The number of nitrogens with zero attached hydrogens (tertiary/aromatic N) is 1. The normalized spacial score (nSPS) is 10.8. The fourth-order valence-corrected chi connectivity index (χ4v) is 3.03. The van der Waals surface area contributed by atoms with Crippen LogP contribution < -0.4 is 19.6 Å². The van der Waals surface area contributed by atoms with Crippen molar-refractivity contribution >= 4 is 43.8 Å². The van der Waals surface area contributed by atoms with E-state index in [1.807, 2.05) is 6.92 Å². The first kappa shape index (κ1) is 19.4. The Balaban J connectivity index is 2.25. The summed E-state index contributed by atoms with van der Waals surface area (Å²) in [5.41, 5.74) is 4.44. The van der Waals surface area contributed by atoms with Gasteiger partial charge in [0, 0.05) is 6.07 Å². The minimum absolute atomic E-state index is 0.0794. The number of aromatic hydroxyl groups is 1. The van der Waals surface area contributed by atoms with Crippen LogP contribution in [0.4, 0.5) is 5.69 Å². The van der Waals surface area contributed by atoms with E-state index in [4.69, 9.17) is 14.2 Å². The molecule has 0 unspecified atom stereocenters. The molecule has 2 aromatic carbocycles. The number of rotatable bonds is 7. The van der Waals surface area contributed by atoms with Crippen molar-refractivity contribution in [2.75, 3.05) is 26.3 Å². The molecule has 0 atom stereocenters. The van der Waals surface area contributed by atoms with Gasteiger partial charge in [0.15, 0.2) is 23.0 Å². The molecule has 8 heteroatoms. The molecule has 134 valence electrons. The van der Waals surface area contributed by atoms with Crippen molar-refractivity contribution < 1.29 is 19.3 Å². The molecule has 0 aromatic heterocycles. The summed E-state index contributed by atoms with van der Waals surface area (Å²) < 4.78 is 17.5. The third-order valence-corrected chi connectivity index (χ3v) is 5.35. The second-order valence-corrected chi connectivity index (χ2v) is 6.40. The van der Waals surface area contributed by atoms with Crippen molar-refractivity contribution in [2.24, 2.45) is 5.10 Å². The Morgan fingerprint density at radius 2 is 1.88 bits per heavy atom. The van der Waals surface area contributed by atoms with E-state index < -0.39 is 0 Å². The molecule has 2 rings (SSSR count). The number of methoxy groups -OCH3 is 2. The van der Waals surface area contributed by atoms with E-state index >= 15 is 0 Å². The molecule has 25 heavy (non-hydrogen) atoms. The minimum Gasteiger partial charge on any atom is -0.504 e. The maximum Gasteiger partial charge on any atom is 0.176 e. The zero-order chi connectivity index (χ0) is 18.4. The van der Waals surface area contributed by atoms with E-state index in [9.17, 15) is 5.11 Å². The van der Waals surface area contributed by atoms with Crippen LogP contribution in [0.1, 0.15) is 12.5 Å². The third kappa shape index (κ3) is 4.58. The molecule has 0 spiro atoms. The van der Waals surface area contributed by atoms with E-state index in [0.29, 0.717) is 29.5 Å². The van der Waals surface area contributed by atoms with Crippen LogP contribution >= 0.6 is 31.9 Å². The maximum absolute atomic E-state index is 9.61. The predicted molar refractivity (Wildman–Crippen MR) is 105 cm³/mol. The van der Waals surface area contributed by atoms with Crippen LogP contribution in [0.5, 0.6) is 23.0 Å². The Labute approximate surface area is 163 Å². The van der Waals surface area contributed by atoms with E-state index in [2.05, 4.69) is 42.4 Å². The number of anilines is 1. The highest BCUT2D eigenvalue weighted by Gasteiger charge is 2.16. The summed E-state index contributed by atoms with van der Waals surface area (Å²) in [5.74, 6) is 1.67. The molecule has 0 saturated carbocycles. The Morgan fingerprint density at radius 3 is 2.52 bits per heavy atom. The largest absolute Gasteiger partial charge is 0.504 e. The Morgan fingerprint density at radius 1 is 1.12 bits per heavy atom. The summed E-state index contributed by atoms with van der Waals surface area (Å²) >= 11 is 6.99. The SMILES string of the molecule is CCOc1cc(N/N=C/c2ccc(O)c(OC)c2)c(Br)c(Br)c1OC. The van der Waals surface area contributed by atoms with Crippen molar-refractivity contribution in [3.8, 4) is 23.0 Å². The van der Waals surface area contributed by atoms with Crippen molar-refractivity contribution in [2.45, 2.75) is 6.92 Å². The molecule has 6 nitrogen and oxygen atoms in total. The van der Waals surface area contributed by atoms with Crippen LogP contribution in [0.2, 0.25) is 0 Å². The molecule has 0 bridgehead atoms. The smallest absolute Gasteiger partial charge is 0.176 e. The number of halogens is 2. The second kappa shape index (κ2) is 8.96. The molecule has 2 N–H and O–H groups in total. The van der Waals surface area contributed by atoms with Gasteiger partial charge in [0.1, 0.15) is 0 Å². The number of hydrogen-bond acceptors (Lipinski definition) is 6. The molecule has 0 amide bonds. The molecular formula is C17H18Br2N2O4. The monoisotopic (exact) mass is 472 g/mol. The lowest BCUT2D eigenvalue weighted by molar-refractivity contribution is 0.310. The molecule has 0 radical (unpaired) electrons. The van der Waals surface area contributed by atoms with Gasteiger partial charge in [-0.15, -0.1) is 0 Å². The Bertz CT molecular complexity index is 782. The van der Waals surface area contributed by atoms with Gasteiger partial charge < -0.3 is 19.3 Å². The van der Waals surface area contributed by atoms with Gasteiger partial charge in [0.25, 0.3) is 0 Å². The second-order valence-electron chi connectivity index (χ2n) is 4.82. The highest BCUT2D eigenvalue weighted by molar-refractivity contribution is 9.13. The van der Waals surface area contributed by atoms with Crippen LogP contribution in [0.25, 0.3) is 0 Å². The first-order valence-electron chi connectivity index (χ1n) is 7.36. The molecular weight excluding hydrogens is 456 g/mol. The first-order chi connectivity index (χ1) is 12.0. The molecule has 2 aromatic rings. The van der Waals surface area contributed by atoms with E-state index in [1.165, 1.54) is 7.11 Å². The highest BCUT2D eigenvalue weighted by Crippen LogP contribution is 2.44. The molecule has 0 fully saturated rings. The maximum atomic E-state index is 9.61. The van der Waals surface area contributed by atoms with E-state index in [-0.39, 0.29) is 5.75 Å². The number of ether oxygens (including phenoxy) is 3. The van der Waals surface area contributed by atoms with Crippen LogP contribution in [-0.4, -0.2) is 32.1 Å². The summed E-state index contributed by atoms with van der Waals surface area (Å²) in [4.78, 5) is 0. The molecule has 0 aliphatic rings. The lowest BCUT2D eigenvalue weighted by Gasteiger charge is -2.15.